The third-order valence-corrected chi connectivity index (χ3v) is 6.16. The van der Waals surface area contributed by atoms with Crippen LogP contribution in [0.5, 0.6) is 0 Å². The Morgan fingerprint density at radius 1 is 1.63 bits per heavy atom. The molecule has 1 aliphatic carbocycles. The molecule has 0 radical (unpaired) electrons. The van der Waals surface area contributed by atoms with E-state index in [9.17, 15) is 18.5 Å². The van der Waals surface area contributed by atoms with E-state index in [1.54, 1.807) is 0 Å². The molecule has 0 aromatic carbocycles. The highest BCUT2D eigenvalue weighted by Crippen LogP contribution is 2.37. The fraction of sp³-hybridized carbons (Fsp3) is 0.556. The fourth-order valence-electron chi connectivity index (χ4n) is 1.69. The maximum atomic E-state index is 12.1. The van der Waals surface area contributed by atoms with Crippen LogP contribution in [-0.4, -0.2) is 25.9 Å². The average molecular weight is 326 g/mol. The molecule has 2 rings (SSSR count). The Balaban J connectivity index is 2.23. The Bertz CT molecular complexity index is 597. The zero-order chi connectivity index (χ0) is 14.2. The largest absolute Gasteiger partial charge is 0.329 e. The predicted octanol–water partition coefficient (Wildman–Crippen LogP) is 1.33. The molecule has 1 fully saturated rings. The number of hydrogen-bond acceptors (Lipinski definition) is 6. The lowest BCUT2D eigenvalue weighted by Gasteiger charge is -2.14. The number of thiophene rings is 1. The summed E-state index contributed by atoms with van der Waals surface area (Å²) < 4.78 is 26.3. The van der Waals surface area contributed by atoms with Crippen molar-refractivity contribution in [1.82, 2.24) is 4.72 Å². The topological polar surface area (TPSA) is 115 Å². The fourth-order valence-corrected chi connectivity index (χ4v) is 4.69. The smallest absolute Gasteiger partial charge is 0.300 e. The first-order valence-electron chi connectivity index (χ1n) is 5.51. The summed E-state index contributed by atoms with van der Waals surface area (Å²) in [6.45, 7) is 0.200. The van der Waals surface area contributed by atoms with Crippen LogP contribution in [-0.2, 0) is 10.0 Å². The van der Waals surface area contributed by atoms with Gasteiger partial charge in [0.1, 0.15) is 4.21 Å². The number of sulfonamides is 1. The highest BCUT2D eigenvalue weighted by molar-refractivity contribution is 7.91. The highest BCUT2D eigenvalue weighted by Gasteiger charge is 2.34. The zero-order valence-corrected chi connectivity index (χ0v) is 12.1. The number of nitrogens with two attached hydrogens (primary N) is 1. The summed E-state index contributed by atoms with van der Waals surface area (Å²) in [5.41, 5.74) is 5.12. The van der Waals surface area contributed by atoms with E-state index in [1.165, 1.54) is 0 Å². The number of hydrogen-bond donors (Lipinski definition) is 2. The Morgan fingerprint density at radius 2 is 2.26 bits per heavy atom. The maximum Gasteiger partial charge on any atom is 0.300 e. The number of nitrogens with one attached hydrogen (secondary N) is 1. The molecule has 10 heteroatoms. The number of nitro groups is 1. The van der Waals surface area contributed by atoms with Crippen molar-refractivity contribution in [2.24, 2.45) is 11.7 Å². The van der Waals surface area contributed by atoms with E-state index in [4.69, 9.17) is 17.3 Å². The lowest BCUT2D eigenvalue weighted by atomic mass is 10.2. The van der Waals surface area contributed by atoms with Gasteiger partial charge >= 0.3 is 0 Å². The monoisotopic (exact) mass is 325 g/mol. The van der Waals surface area contributed by atoms with Crippen LogP contribution in [0.4, 0.5) is 5.69 Å². The van der Waals surface area contributed by atoms with E-state index < -0.39 is 20.6 Å². The number of rotatable bonds is 6. The summed E-state index contributed by atoms with van der Waals surface area (Å²) in [6, 6.07) is 0.639. The van der Waals surface area contributed by atoms with Crippen molar-refractivity contribution < 1.29 is 13.3 Å². The van der Waals surface area contributed by atoms with Gasteiger partial charge < -0.3 is 5.73 Å². The van der Waals surface area contributed by atoms with Crippen LogP contribution in [0.3, 0.4) is 0 Å². The Labute approximate surface area is 118 Å². The van der Waals surface area contributed by atoms with E-state index in [0.717, 1.165) is 18.9 Å². The van der Waals surface area contributed by atoms with E-state index in [1.807, 2.05) is 0 Å². The lowest BCUT2D eigenvalue weighted by Crippen LogP contribution is -2.41. The molecule has 1 aromatic rings. The van der Waals surface area contributed by atoms with E-state index in [2.05, 4.69) is 4.72 Å². The molecule has 1 aliphatic rings. The SMILES string of the molecule is NCC(NS(=O)(=O)c1cc([N+](=O)[O-])c(Cl)s1)C1CC1. The first-order chi connectivity index (χ1) is 8.85. The molecule has 1 saturated carbocycles. The standard InChI is InChI=1S/C9H12ClN3O4S2/c10-9-7(13(14)15)3-8(18-9)19(16,17)12-6(4-11)5-1-2-5/h3,5-6,12H,1-2,4,11H2. The molecule has 3 N–H and O–H groups in total. The maximum absolute atomic E-state index is 12.1. The van der Waals surface area contributed by atoms with Gasteiger partial charge in [-0.25, -0.2) is 13.1 Å². The first-order valence-corrected chi connectivity index (χ1v) is 8.19. The Morgan fingerprint density at radius 3 is 2.68 bits per heavy atom. The predicted molar refractivity (Wildman–Crippen MR) is 71.9 cm³/mol. The highest BCUT2D eigenvalue weighted by atomic mass is 35.5. The van der Waals surface area contributed by atoms with Crippen LogP contribution in [0.2, 0.25) is 4.34 Å². The molecular formula is C9H12ClN3O4S2. The molecule has 106 valence electrons. The van der Waals surface area contributed by atoms with Crippen molar-refractivity contribution >= 4 is 38.6 Å². The third kappa shape index (κ3) is 3.23. The van der Waals surface area contributed by atoms with Crippen LogP contribution in [0.15, 0.2) is 10.3 Å². The quantitative estimate of drug-likeness (QED) is 0.604. The summed E-state index contributed by atoms with van der Waals surface area (Å²) in [5.74, 6) is 0.255. The third-order valence-electron chi connectivity index (χ3n) is 2.86. The molecule has 1 heterocycles. The van der Waals surface area contributed by atoms with Gasteiger partial charge in [-0.2, -0.15) is 0 Å². The first kappa shape index (κ1) is 14.7. The Kier molecular flexibility index (Phi) is 4.11. The van der Waals surface area contributed by atoms with Crippen LogP contribution >= 0.6 is 22.9 Å². The van der Waals surface area contributed by atoms with Crippen molar-refractivity contribution in [3.05, 3.63) is 20.5 Å². The van der Waals surface area contributed by atoms with E-state index in [0.29, 0.717) is 11.3 Å². The number of nitrogens with zero attached hydrogens (tertiary/aromatic N) is 1. The minimum absolute atomic E-state index is 0.152. The zero-order valence-electron chi connectivity index (χ0n) is 9.71. The van der Waals surface area contributed by atoms with Crippen molar-refractivity contribution in [3.63, 3.8) is 0 Å². The molecule has 1 atom stereocenters. The van der Waals surface area contributed by atoms with Crippen LogP contribution < -0.4 is 10.5 Å². The van der Waals surface area contributed by atoms with Crippen molar-refractivity contribution in [1.29, 1.82) is 0 Å². The molecule has 1 unspecified atom stereocenters. The second kappa shape index (κ2) is 5.33. The number of halogens is 1. The summed E-state index contributed by atoms with van der Waals surface area (Å²) in [7, 11) is -3.81. The summed E-state index contributed by atoms with van der Waals surface area (Å²) >= 11 is 6.32. The van der Waals surface area contributed by atoms with E-state index in [-0.39, 0.29) is 27.1 Å². The van der Waals surface area contributed by atoms with Gasteiger partial charge in [0.15, 0.2) is 4.34 Å². The van der Waals surface area contributed by atoms with Gasteiger partial charge in [-0.3, -0.25) is 10.1 Å². The van der Waals surface area contributed by atoms with Gasteiger partial charge in [0.2, 0.25) is 0 Å². The normalized spacial score (nSPS) is 17.4. The Hall–Kier alpha value is -0.740. The van der Waals surface area contributed by atoms with Gasteiger partial charge in [-0.1, -0.05) is 11.6 Å². The lowest BCUT2D eigenvalue weighted by molar-refractivity contribution is -0.384. The van der Waals surface area contributed by atoms with Crippen LogP contribution in [0.25, 0.3) is 0 Å². The van der Waals surface area contributed by atoms with Gasteiger partial charge in [-0.15, -0.1) is 11.3 Å². The molecule has 0 saturated heterocycles. The van der Waals surface area contributed by atoms with Gasteiger partial charge in [0, 0.05) is 18.7 Å². The molecule has 7 nitrogen and oxygen atoms in total. The average Bonchev–Trinajstić information content (AvgIpc) is 3.08. The summed E-state index contributed by atoms with van der Waals surface area (Å²) in [5, 5.41) is 10.7. The van der Waals surface area contributed by atoms with Gasteiger partial charge in [0.05, 0.1) is 4.92 Å². The molecule has 0 amide bonds. The van der Waals surface area contributed by atoms with Crippen molar-refractivity contribution in [2.75, 3.05) is 6.54 Å². The second-order valence-corrected chi connectivity index (χ2v) is 7.88. The van der Waals surface area contributed by atoms with E-state index >= 15 is 0 Å². The molecule has 1 aromatic heterocycles. The van der Waals surface area contributed by atoms with Gasteiger partial charge in [-0.05, 0) is 18.8 Å². The minimum Gasteiger partial charge on any atom is -0.329 e. The van der Waals surface area contributed by atoms with Crippen LogP contribution in [0, 0.1) is 16.0 Å². The second-order valence-electron chi connectivity index (χ2n) is 4.28. The summed E-state index contributed by atoms with van der Waals surface area (Å²) in [6.07, 6.45) is 1.88. The van der Waals surface area contributed by atoms with Crippen LogP contribution in [0.1, 0.15) is 12.8 Å². The minimum atomic E-state index is -3.81. The molecular weight excluding hydrogens is 314 g/mol. The molecule has 0 bridgehead atoms. The van der Waals surface area contributed by atoms with Gasteiger partial charge in [0.25, 0.3) is 15.7 Å². The molecule has 19 heavy (non-hydrogen) atoms. The van der Waals surface area contributed by atoms with Crippen molar-refractivity contribution in [3.8, 4) is 0 Å². The van der Waals surface area contributed by atoms with Crippen molar-refractivity contribution in [2.45, 2.75) is 23.1 Å². The molecule has 0 spiro atoms. The molecule has 0 aliphatic heterocycles. The summed E-state index contributed by atoms with van der Waals surface area (Å²) in [4.78, 5) is 9.94.